The summed E-state index contributed by atoms with van der Waals surface area (Å²) in [5, 5.41) is 18.8. The molecule has 2 N–H and O–H groups in total. The first-order chi connectivity index (χ1) is 9.83. The van der Waals surface area contributed by atoms with Crippen molar-refractivity contribution in [2.75, 3.05) is 13.1 Å². The highest BCUT2D eigenvalue weighted by Gasteiger charge is 2.40. The van der Waals surface area contributed by atoms with Gasteiger partial charge in [-0.2, -0.15) is 0 Å². The average Bonchev–Trinajstić information content (AvgIpc) is 2.47. The van der Waals surface area contributed by atoms with E-state index in [9.17, 15) is 19.5 Å². The second-order valence-electron chi connectivity index (χ2n) is 5.26. The van der Waals surface area contributed by atoms with Gasteiger partial charge in [0.2, 0.25) is 0 Å². The van der Waals surface area contributed by atoms with Gasteiger partial charge < -0.3 is 15.1 Å². The van der Waals surface area contributed by atoms with Crippen molar-refractivity contribution in [2.45, 2.75) is 25.4 Å². The number of nitrogens with zero attached hydrogens (tertiary/aromatic N) is 1. The van der Waals surface area contributed by atoms with Crippen LogP contribution in [0.4, 0.5) is 0 Å². The number of benzene rings is 1. The number of aliphatic carboxylic acids is 1. The number of hydrogen-bond acceptors (Lipinski definition) is 4. The molecule has 0 saturated carbocycles. The van der Waals surface area contributed by atoms with Crippen molar-refractivity contribution in [3.05, 3.63) is 35.4 Å². The number of hydrogen-bond donors (Lipinski definition) is 2. The molecule has 1 aliphatic heterocycles. The Morgan fingerprint density at radius 1 is 1.05 bits per heavy atom. The van der Waals surface area contributed by atoms with Gasteiger partial charge in [-0.05, 0) is 19.1 Å². The summed E-state index contributed by atoms with van der Waals surface area (Å²) in [7, 11) is 0. The second-order valence-corrected chi connectivity index (χ2v) is 5.26. The van der Waals surface area contributed by atoms with E-state index >= 15 is 0 Å². The molecule has 0 atom stereocenters. The Morgan fingerprint density at radius 2 is 1.52 bits per heavy atom. The molecule has 1 aromatic carbocycles. The largest absolute Gasteiger partial charge is 0.479 e. The maximum absolute atomic E-state index is 12.3. The van der Waals surface area contributed by atoms with Crippen LogP contribution in [-0.2, 0) is 4.79 Å². The minimum Gasteiger partial charge on any atom is -0.479 e. The zero-order valence-electron chi connectivity index (χ0n) is 11.7. The molecule has 6 nitrogen and oxygen atoms in total. The van der Waals surface area contributed by atoms with Gasteiger partial charge in [-0.3, -0.25) is 9.59 Å². The van der Waals surface area contributed by atoms with Gasteiger partial charge in [0, 0.05) is 37.1 Å². The first kappa shape index (κ1) is 15.2. The molecule has 0 bridgehead atoms. The summed E-state index contributed by atoms with van der Waals surface area (Å²) in [6.45, 7) is 1.83. The van der Waals surface area contributed by atoms with Crippen LogP contribution in [0.1, 0.15) is 40.5 Å². The van der Waals surface area contributed by atoms with Crippen molar-refractivity contribution in [2.24, 2.45) is 0 Å². The monoisotopic (exact) mass is 291 g/mol. The summed E-state index contributed by atoms with van der Waals surface area (Å²) >= 11 is 0. The lowest BCUT2D eigenvalue weighted by Crippen LogP contribution is -2.50. The molecule has 1 aromatic rings. The van der Waals surface area contributed by atoms with Crippen molar-refractivity contribution in [1.82, 2.24) is 4.90 Å². The van der Waals surface area contributed by atoms with Gasteiger partial charge in [-0.15, -0.1) is 0 Å². The summed E-state index contributed by atoms with van der Waals surface area (Å²) in [5.74, 6) is -1.54. The van der Waals surface area contributed by atoms with E-state index in [0.717, 1.165) is 0 Å². The number of amides is 1. The highest BCUT2D eigenvalue weighted by atomic mass is 16.4. The van der Waals surface area contributed by atoms with Crippen LogP contribution in [0.25, 0.3) is 0 Å². The Bertz CT molecular complexity index is 570. The third-order valence-corrected chi connectivity index (χ3v) is 3.81. The fourth-order valence-electron chi connectivity index (χ4n) is 2.32. The number of carboxylic acids is 1. The van der Waals surface area contributed by atoms with Crippen molar-refractivity contribution in [3.63, 3.8) is 0 Å². The van der Waals surface area contributed by atoms with Gasteiger partial charge in [-0.1, -0.05) is 12.1 Å². The number of aliphatic hydroxyl groups is 1. The Hall–Kier alpha value is -2.21. The molecule has 1 heterocycles. The first-order valence-corrected chi connectivity index (χ1v) is 6.69. The Labute approximate surface area is 122 Å². The number of piperidine rings is 1. The molecule has 0 radical (unpaired) electrons. The highest BCUT2D eigenvalue weighted by Crippen LogP contribution is 2.23. The number of likely N-dealkylation sites (tertiary alicyclic amines) is 1. The lowest BCUT2D eigenvalue weighted by Gasteiger charge is -2.35. The lowest BCUT2D eigenvalue weighted by atomic mass is 9.91. The second kappa shape index (κ2) is 5.65. The third-order valence-electron chi connectivity index (χ3n) is 3.81. The van der Waals surface area contributed by atoms with Crippen LogP contribution in [0.5, 0.6) is 0 Å². The molecule has 0 aromatic heterocycles. The van der Waals surface area contributed by atoms with Crippen LogP contribution in [0, 0.1) is 0 Å². The minimum absolute atomic E-state index is 0.0135. The molecule has 0 spiro atoms. The smallest absolute Gasteiger partial charge is 0.335 e. The fraction of sp³-hybridized carbons (Fsp3) is 0.400. The molecule has 1 amide bonds. The number of rotatable bonds is 3. The number of carbonyl (C=O) groups excluding carboxylic acids is 2. The van der Waals surface area contributed by atoms with Gasteiger partial charge >= 0.3 is 5.97 Å². The molecule has 21 heavy (non-hydrogen) atoms. The summed E-state index contributed by atoms with van der Waals surface area (Å²) in [4.78, 5) is 35.9. The van der Waals surface area contributed by atoms with Gasteiger partial charge in [0.1, 0.15) is 0 Å². The molecule has 0 unspecified atom stereocenters. The Balaban J connectivity index is 2.05. The van der Waals surface area contributed by atoms with Crippen molar-refractivity contribution >= 4 is 17.7 Å². The van der Waals surface area contributed by atoms with Crippen molar-refractivity contribution in [3.8, 4) is 0 Å². The Morgan fingerprint density at radius 3 is 1.95 bits per heavy atom. The van der Waals surface area contributed by atoms with E-state index in [-0.39, 0.29) is 37.6 Å². The molecular weight excluding hydrogens is 274 g/mol. The zero-order valence-corrected chi connectivity index (χ0v) is 11.7. The molecule has 112 valence electrons. The van der Waals surface area contributed by atoms with Crippen molar-refractivity contribution in [1.29, 1.82) is 0 Å². The molecular formula is C15H17NO5. The molecule has 1 aliphatic rings. The van der Waals surface area contributed by atoms with Crippen LogP contribution in [0.3, 0.4) is 0 Å². The van der Waals surface area contributed by atoms with E-state index in [1.807, 2.05) is 0 Å². The number of carboxylic acid groups (broad SMARTS) is 1. The van der Waals surface area contributed by atoms with E-state index in [0.29, 0.717) is 11.1 Å². The van der Waals surface area contributed by atoms with E-state index in [4.69, 9.17) is 5.11 Å². The minimum atomic E-state index is -1.74. The van der Waals surface area contributed by atoms with Gasteiger partial charge in [-0.25, -0.2) is 4.79 Å². The first-order valence-electron chi connectivity index (χ1n) is 6.69. The SMILES string of the molecule is CC(=O)c1ccc(C(=O)N2CCC(O)(C(=O)O)CC2)cc1. The predicted molar refractivity (Wildman–Crippen MR) is 74.2 cm³/mol. The molecule has 1 saturated heterocycles. The third kappa shape index (κ3) is 3.11. The predicted octanol–water partition coefficient (Wildman–Crippen LogP) is 0.941. The molecule has 2 rings (SSSR count). The molecule has 6 heteroatoms. The summed E-state index contributed by atoms with van der Waals surface area (Å²) in [5.41, 5.74) is -0.763. The summed E-state index contributed by atoms with van der Waals surface area (Å²) in [6, 6.07) is 6.34. The van der Waals surface area contributed by atoms with Crippen LogP contribution in [-0.4, -0.2) is 51.5 Å². The topological polar surface area (TPSA) is 94.9 Å². The molecule has 1 fully saturated rings. The number of carbonyl (C=O) groups is 3. The van der Waals surface area contributed by atoms with Gasteiger partial charge in [0.25, 0.3) is 5.91 Å². The maximum atomic E-state index is 12.3. The zero-order chi connectivity index (χ0) is 15.6. The quantitative estimate of drug-likeness (QED) is 0.808. The lowest BCUT2D eigenvalue weighted by molar-refractivity contribution is -0.162. The van der Waals surface area contributed by atoms with Crippen LogP contribution >= 0.6 is 0 Å². The standard InChI is InChI=1S/C15H17NO5/c1-10(17)11-2-4-12(5-3-11)13(18)16-8-6-15(21,7-9-16)14(19)20/h2-5,21H,6-9H2,1H3,(H,19,20). The van der Waals surface area contributed by atoms with Gasteiger partial charge in [0.15, 0.2) is 11.4 Å². The van der Waals surface area contributed by atoms with Crippen molar-refractivity contribution < 1.29 is 24.6 Å². The maximum Gasteiger partial charge on any atom is 0.335 e. The summed E-state index contributed by atoms with van der Waals surface area (Å²) < 4.78 is 0. The van der Waals surface area contributed by atoms with Crippen LogP contribution in [0.2, 0.25) is 0 Å². The van der Waals surface area contributed by atoms with E-state index < -0.39 is 11.6 Å². The normalized spacial score (nSPS) is 17.3. The van der Waals surface area contributed by atoms with Gasteiger partial charge in [0.05, 0.1) is 0 Å². The highest BCUT2D eigenvalue weighted by molar-refractivity contribution is 5.97. The average molecular weight is 291 g/mol. The van der Waals surface area contributed by atoms with E-state index in [1.54, 1.807) is 24.3 Å². The Kier molecular flexibility index (Phi) is 4.09. The van der Waals surface area contributed by atoms with Crippen LogP contribution in [0.15, 0.2) is 24.3 Å². The van der Waals surface area contributed by atoms with E-state index in [1.165, 1.54) is 11.8 Å². The number of Topliss-reactive ketones (excluding diaryl/α,β-unsaturated/α-hetero) is 1. The molecule has 0 aliphatic carbocycles. The fourth-order valence-corrected chi connectivity index (χ4v) is 2.32. The summed E-state index contributed by atoms with van der Waals surface area (Å²) in [6.07, 6.45) is 0.0270. The van der Waals surface area contributed by atoms with Crippen LogP contribution < -0.4 is 0 Å². The van der Waals surface area contributed by atoms with E-state index in [2.05, 4.69) is 0 Å². The number of ketones is 1.